The smallest absolute Gasteiger partial charge is 0.407 e. The van der Waals surface area contributed by atoms with E-state index in [0.29, 0.717) is 32.4 Å². The molecule has 3 N–H and O–H groups in total. The first-order chi connectivity index (χ1) is 11.7. The van der Waals surface area contributed by atoms with E-state index in [1.165, 1.54) is 0 Å². The number of carboxylic acid groups (broad SMARTS) is 1. The summed E-state index contributed by atoms with van der Waals surface area (Å²) in [6.07, 6.45) is 5.92. The number of hydrogen-bond acceptors (Lipinski definition) is 5. The Morgan fingerprint density at radius 1 is 1.40 bits per heavy atom. The van der Waals surface area contributed by atoms with Crippen LogP contribution in [-0.2, 0) is 14.3 Å². The van der Waals surface area contributed by atoms with Crippen molar-refractivity contribution in [1.82, 2.24) is 5.32 Å². The van der Waals surface area contributed by atoms with Crippen LogP contribution in [0.15, 0.2) is 24.0 Å². The molecule has 1 rings (SSSR count). The van der Waals surface area contributed by atoms with Crippen LogP contribution in [0.5, 0.6) is 0 Å². The fraction of sp³-hybridized carbons (Fsp3) is 0.667. The highest BCUT2D eigenvalue weighted by Gasteiger charge is 2.21. The highest BCUT2D eigenvalue weighted by molar-refractivity contribution is 5.67. The Labute approximate surface area is 148 Å². The van der Waals surface area contributed by atoms with Gasteiger partial charge >= 0.3 is 12.1 Å². The molecule has 0 heterocycles. The Morgan fingerprint density at radius 2 is 2.12 bits per heavy atom. The van der Waals surface area contributed by atoms with Gasteiger partial charge in [0, 0.05) is 25.3 Å². The first kappa shape index (κ1) is 21.0. The number of ether oxygens (including phenoxy) is 2. The zero-order valence-corrected chi connectivity index (χ0v) is 15.2. The molecule has 0 saturated carbocycles. The molecule has 7 heteroatoms. The Morgan fingerprint density at radius 3 is 2.76 bits per heavy atom. The predicted molar refractivity (Wildman–Crippen MR) is 93.0 cm³/mol. The lowest BCUT2D eigenvalue weighted by molar-refractivity contribution is -0.137. The van der Waals surface area contributed by atoms with Gasteiger partial charge in [-0.2, -0.15) is 0 Å². The maximum absolute atomic E-state index is 11.6. The molecule has 0 spiro atoms. The van der Waals surface area contributed by atoms with Gasteiger partial charge in [-0.25, -0.2) is 4.79 Å². The Hall–Kier alpha value is -2.02. The molecule has 1 amide bonds. The number of carboxylic acids is 1. The van der Waals surface area contributed by atoms with Crippen molar-refractivity contribution in [2.24, 2.45) is 5.92 Å². The van der Waals surface area contributed by atoms with E-state index in [1.54, 1.807) is 20.8 Å². The molecular formula is C18H29NO6. The molecule has 0 saturated heterocycles. The molecule has 0 radical (unpaired) electrons. The number of aliphatic hydroxyl groups excluding tert-OH is 1. The number of allylic oxidation sites excluding steroid dienone is 3. The monoisotopic (exact) mass is 355 g/mol. The third-order valence-corrected chi connectivity index (χ3v) is 3.50. The van der Waals surface area contributed by atoms with E-state index in [1.807, 2.05) is 18.2 Å². The van der Waals surface area contributed by atoms with Gasteiger partial charge in [0.2, 0.25) is 0 Å². The standard InChI is InChI=1S/C18H29NO6/c1-18(2,3)25-17(23)19-10-9-15(20)13-6-4-7-14(12-13)24-11-5-8-16(21)22/h4,6-7,13,15,20H,5,8-12H2,1-3H3,(H,19,23)(H,21,22). The molecule has 142 valence electrons. The van der Waals surface area contributed by atoms with Gasteiger partial charge in [-0.1, -0.05) is 12.2 Å². The summed E-state index contributed by atoms with van der Waals surface area (Å²) in [4.78, 5) is 22.0. The van der Waals surface area contributed by atoms with E-state index in [0.717, 1.165) is 5.76 Å². The third kappa shape index (κ3) is 9.76. The molecule has 0 fully saturated rings. The van der Waals surface area contributed by atoms with Crippen LogP contribution in [0.25, 0.3) is 0 Å². The number of amides is 1. The molecule has 1 aliphatic rings. The number of carbonyl (C=O) groups is 2. The van der Waals surface area contributed by atoms with Crippen LogP contribution in [0.4, 0.5) is 4.79 Å². The average molecular weight is 355 g/mol. The minimum atomic E-state index is -0.841. The second-order valence-electron chi connectivity index (χ2n) is 7.02. The maximum atomic E-state index is 11.6. The lowest BCUT2D eigenvalue weighted by Gasteiger charge is -2.24. The number of aliphatic hydroxyl groups is 1. The number of alkyl carbamates (subject to hydrolysis) is 1. The molecule has 0 aromatic carbocycles. The van der Waals surface area contributed by atoms with E-state index < -0.39 is 23.8 Å². The first-order valence-electron chi connectivity index (χ1n) is 8.54. The van der Waals surface area contributed by atoms with Gasteiger partial charge in [-0.15, -0.1) is 0 Å². The highest BCUT2D eigenvalue weighted by Crippen LogP contribution is 2.24. The highest BCUT2D eigenvalue weighted by atomic mass is 16.6. The van der Waals surface area contributed by atoms with E-state index >= 15 is 0 Å². The largest absolute Gasteiger partial charge is 0.498 e. The fourth-order valence-corrected chi connectivity index (χ4v) is 2.32. The zero-order valence-electron chi connectivity index (χ0n) is 15.2. The van der Waals surface area contributed by atoms with Gasteiger partial charge in [-0.3, -0.25) is 4.79 Å². The van der Waals surface area contributed by atoms with Crippen LogP contribution in [0.2, 0.25) is 0 Å². The molecule has 0 bridgehead atoms. The average Bonchev–Trinajstić information content (AvgIpc) is 2.50. The van der Waals surface area contributed by atoms with Gasteiger partial charge in [0.15, 0.2) is 0 Å². The van der Waals surface area contributed by atoms with Crippen molar-refractivity contribution >= 4 is 12.1 Å². The normalized spacial score (nSPS) is 18.2. The molecule has 2 atom stereocenters. The fourth-order valence-electron chi connectivity index (χ4n) is 2.32. The number of hydrogen-bond donors (Lipinski definition) is 3. The molecule has 1 aliphatic carbocycles. The number of nitrogens with one attached hydrogen (secondary N) is 1. The van der Waals surface area contributed by atoms with E-state index in [4.69, 9.17) is 14.6 Å². The predicted octanol–water partition coefficient (Wildman–Crippen LogP) is 2.60. The molecule has 7 nitrogen and oxygen atoms in total. The summed E-state index contributed by atoms with van der Waals surface area (Å²) in [5.74, 6) is -0.205. The van der Waals surface area contributed by atoms with Gasteiger partial charge < -0.3 is 25.0 Å². The van der Waals surface area contributed by atoms with Gasteiger partial charge in [0.1, 0.15) is 5.60 Å². The van der Waals surface area contributed by atoms with Crippen molar-refractivity contribution in [3.05, 3.63) is 24.0 Å². The quantitative estimate of drug-likeness (QED) is 0.549. The molecule has 2 unspecified atom stereocenters. The zero-order chi connectivity index (χ0) is 18.9. The summed E-state index contributed by atoms with van der Waals surface area (Å²) in [6.45, 7) is 6.03. The van der Waals surface area contributed by atoms with Crippen LogP contribution in [0, 0.1) is 5.92 Å². The van der Waals surface area contributed by atoms with E-state index in [2.05, 4.69) is 5.32 Å². The van der Waals surface area contributed by atoms with Crippen molar-refractivity contribution in [1.29, 1.82) is 0 Å². The minimum absolute atomic E-state index is 0.0749. The van der Waals surface area contributed by atoms with Gasteiger partial charge in [-0.05, 0) is 39.7 Å². The summed E-state index contributed by atoms with van der Waals surface area (Å²) in [7, 11) is 0. The minimum Gasteiger partial charge on any atom is -0.498 e. The summed E-state index contributed by atoms with van der Waals surface area (Å²) < 4.78 is 10.7. The number of carbonyl (C=O) groups excluding carboxylic acids is 1. The van der Waals surface area contributed by atoms with Crippen LogP contribution in [0.3, 0.4) is 0 Å². The number of aliphatic carboxylic acids is 1. The van der Waals surface area contributed by atoms with Gasteiger partial charge in [0.25, 0.3) is 0 Å². The second kappa shape index (κ2) is 10.1. The van der Waals surface area contributed by atoms with Crippen molar-refractivity contribution in [2.75, 3.05) is 13.2 Å². The molecule has 0 aliphatic heterocycles. The van der Waals surface area contributed by atoms with Crippen molar-refractivity contribution in [3.8, 4) is 0 Å². The summed E-state index contributed by atoms with van der Waals surface area (Å²) >= 11 is 0. The summed E-state index contributed by atoms with van der Waals surface area (Å²) in [6, 6.07) is 0. The Bertz CT molecular complexity index is 506. The third-order valence-electron chi connectivity index (χ3n) is 3.50. The molecule has 0 aromatic rings. The number of rotatable bonds is 9. The Balaban J connectivity index is 2.27. The van der Waals surface area contributed by atoms with Crippen LogP contribution >= 0.6 is 0 Å². The van der Waals surface area contributed by atoms with Crippen molar-refractivity contribution in [3.63, 3.8) is 0 Å². The first-order valence-corrected chi connectivity index (χ1v) is 8.54. The van der Waals surface area contributed by atoms with E-state index in [9.17, 15) is 14.7 Å². The SMILES string of the molecule is CC(C)(C)OC(=O)NCCC(O)C1C=CC=C(OCCCC(=O)O)C1. The topological polar surface area (TPSA) is 105 Å². The van der Waals surface area contributed by atoms with Gasteiger partial charge in [0.05, 0.1) is 18.5 Å². The maximum Gasteiger partial charge on any atom is 0.407 e. The van der Waals surface area contributed by atoms with Crippen molar-refractivity contribution in [2.45, 2.75) is 58.2 Å². The molecule has 0 aromatic heterocycles. The lowest BCUT2D eigenvalue weighted by Crippen LogP contribution is -2.35. The Kier molecular flexibility index (Phi) is 8.48. The van der Waals surface area contributed by atoms with E-state index in [-0.39, 0.29) is 12.3 Å². The van der Waals surface area contributed by atoms with Crippen LogP contribution in [0.1, 0.15) is 46.5 Å². The molecule has 25 heavy (non-hydrogen) atoms. The summed E-state index contributed by atoms with van der Waals surface area (Å²) in [5, 5.41) is 21.5. The molecular weight excluding hydrogens is 326 g/mol. The lowest BCUT2D eigenvalue weighted by atomic mass is 9.92. The summed E-state index contributed by atoms with van der Waals surface area (Å²) in [5.41, 5.74) is -0.549. The van der Waals surface area contributed by atoms with Crippen molar-refractivity contribution < 1.29 is 29.3 Å². The second-order valence-corrected chi connectivity index (χ2v) is 7.02. The van der Waals surface area contributed by atoms with Crippen LogP contribution < -0.4 is 5.32 Å². The van der Waals surface area contributed by atoms with Crippen LogP contribution in [-0.4, -0.2) is 47.1 Å².